The third-order valence-electron chi connectivity index (χ3n) is 5.88. The summed E-state index contributed by atoms with van der Waals surface area (Å²) in [4.78, 5) is 23.5. The molecule has 0 saturated carbocycles. The highest BCUT2D eigenvalue weighted by Gasteiger charge is 2.23. The molecule has 204 valence electrons. The summed E-state index contributed by atoms with van der Waals surface area (Å²) in [7, 11) is 1.29. The number of aliphatic hydroxyl groups is 1. The van der Waals surface area contributed by atoms with Gasteiger partial charge >= 0.3 is 0 Å². The van der Waals surface area contributed by atoms with Gasteiger partial charge in [0.15, 0.2) is 0 Å². The number of aliphatic hydroxyl groups excluding tert-OH is 1. The topological polar surface area (TPSA) is 108 Å². The molecule has 0 aromatic heterocycles. The molecule has 8 nitrogen and oxygen atoms in total. The van der Waals surface area contributed by atoms with Crippen LogP contribution >= 0.6 is 7.82 Å². The van der Waals surface area contributed by atoms with Crippen LogP contribution in [0.1, 0.15) is 104 Å². The van der Waals surface area contributed by atoms with Gasteiger partial charge in [0, 0.05) is 6.92 Å². The van der Waals surface area contributed by atoms with Gasteiger partial charge in [0.1, 0.15) is 13.2 Å². The summed E-state index contributed by atoms with van der Waals surface area (Å²) in [5.41, 5.74) is 0. The zero-order chi connectivity index (χ0) is 25.9. The summed E-state index contributed by atoms with van der Waals surface area (Å²) < 4.78 is 22.4. The number of nitrogens with one attached hydrogen (secondary N) is 1. The minimum Gasteiger partial charge on any atom is -0.756 e. The number of phosphoric acid groups is 1. The van der Waals surface area contributed by atoms with Gasteiger partial charge in [0.2, 0.25) is 5.91 Å². The van der Waals surface area contributed by atoms with Gasteiger partial charge < -0.3 is 28.8 Å². The minimum absolute atomic E-state index is 0.0105. The van der Waals surface area contributed by atoms with Crippen molar-refractivity contribution >= 4 is 13.7 Å². The summed E-state index contributed by atoms with van der Waals surface area (Å²) in [6.07, 6.45) is 15.8. The lowest BCUT2D eigenvalue weighted by molar-refractivity contribution is -0.870. The van der Waals surface area contributed by atoms with E-state index in [1.54, 1.807) is 0 Å². The molecule has 1 amide bonds. The SMILES string of the molecule is CCCCCCCCCCCCCCC[C@@H](O)[C@H](COP(=O)([O-])OCC[N+](C)(C)C)NC(C)=O. The fourth-order valence-electron chi connectivity index (χ4n) is 3.72. The third kappa shape index (κ3) is 22.0. The van der Waals surface area contributed by atoms with E-state index in [1.165, 1.54) is 71.1 Å². The molecule has 0 aliphatic carbocycles. The van der Waals surface area contributed by atoms with Crippen LogP contribution in [0.25, 0.3) is 0 Å². The lowest BCUT2D eigenvalue weighted by Crippen LogP contribution is -2.45. The Morgan fingerprint density at radius 3 is 1.82 bits per heavy atom. The van der Waals surface area contributed by atoms with Crippen LogP contribution in [0.3, 0.4) is 0 Å². The number of hydrogen-bond acceptors (Lipinski definition) is 6. The van der Waals surface area contributed by atoms with Crippen molar-refractivity contribution < 1.29 is 32.9 Å². The van der Waals surface area contributed by atoms with Crippen molar-refractivity contribution in [2.24, 2.45) is 0 Å². The summed E-state index contributed by atoms with van der Waals surface area (Å²) in [6.45, 7) is 3.75. The fraction of sp³-hybridized carbons (Fsp3) is 0.960. The van der Waals surface area contributed by atoms with Crippen LogP contribution in [0, 0.1) is 0 Å². The van der Waals surface area contributed by atoms with Gasteiger partial charge in [0.05, 0.1) is 39.9 Å². The third-order valence-corrected chi connectivity index (χ3v) is 6.84. The van der Waals surface area contributed by atoms with E-state index < -0.39 is 20.0 Å². The first-order valence-electron chi connectivity index (χ1n) is 13.3. The number of likely N-dealkylation sites (N-methyl/N-ethyl adjacent to an activating group) is 1. The van der Waals surface area contributed by atoms with Gasteiger partial charge in [-0.05, 0) is 6.42 Å². The highest BCUT2D eigenvalue weighted by molar-refractivity contribution is 7.45. The van der Waals surface area contributed by atoms with Crippen molar-refractivity contribution in [3.8, 4) is 0 Å². The number of amides is 1. The highest BCUT2D eigenvalue weighted by atomic mass is 31.2. The molecule has 3 atom stereocenters. The Kier molecular flexibility index (Phi) is 19.4. The van der Waals surface area contributed by atoms with E-state index in [2.05, 4.69) is 12.2 Å². The molecule has 34 heavy (non-hydrogen) atoms. The molecule has 2 N–H and O–H groups in total. The number of rotatable bonds is 23. The van der Waals surface area contributed by atoms with Crippen LogP contribution in [-0.4, -0.2) is 68.5 Å². The lowest BCUT2D eigenvalue weighted by atomic mass is 10.0. The number of nitrogens with zero attached hydrogens (tertiary/aromatic N) is 1. The van der Waals surface area contributed by atoms with Gasteiger partial charge in [-0.15, -0.1) is 0 Å². The summed E-state index contributed by atoms with van der Waals surface area (Å²) in [5, 5.41) is 13.1. The van der Waals surface area contributed by atoms with Gasteiger partial charge in [-0.2, -0.15) is 0 Å². The second kappa shape index (κ2) is 19.7. The van der Waals surface area contributed by atoms with E-state index >= 15 is 0 Å². The van der Waals surface area contributed by atoms with Crippen molar-refractivity contribution in [3.63, 3.8) is 0 Å². The Morgan fingerprint density at radius 2 is 1.38 bits per heavy atom. The predicted octanol–water partition coefficient (Wildman–Crippen LogP) is 4.54. The summed E-state index contributed by atoms with van der Waals surface area (Å²) in [6, 6.07) is -0.793. The molecule has 0 aliphatic rings. The molecular formula is C25H53N2O6P. The molecule has 9 heteroatoms. The monoisotopic (exact) mass is 508 g/mol. The van der Waals surface area contributed by atoms with E-state index in [-0.39, 0.29) is 19.1 Å². The van der Waals surface area contributed by atoms with Crippen LogP contribution in [0.2, 0.25) is 0 Å². The summed E-state index contributed by atoms with van der Waals surface area (Å²) >= 11 is 0. The van der Waals surface area contributed by atoms with Crippen LogP contribution < -0.4 is 10.2 Å². The smallest absolute Gasteiger partial charge is 0.268 e. The normalized spacial score (nSPS) is 15.6. The predicted molar refractivity (Wildman–Crippen MR) is 136 cm³/mol. The average Bonchev–Trinajstić information content (AvgIpc) is 2.73. The van der Waals surface area contributed by atoms with Gasteiger partial charge in [0.25, 0.3) is 7.82 Å². The lowest BCUT2D eigenvalue weighted by Gasteiger charge is -2.29. The van der Waals surface area contributed by atoms with Crippen molar-refractivity contribution in [1.29, 1.82) is 0 Å². The maximum atomic E-state index is 12.0. The first-order valence-corrected chi connectivity index (χ1v) is 14.8. The van der Waals surface area contributed by atoms with Gasteiger partial charge in [-0.3, -0.25) is 9.36 Å². The Hall–Kier alpha value is -0.500. The Morgan fingerprint density at radius 1 is 0.912 bits per heavy atom. The number of quaternary nitrogens is 1. The quantitative estimate of drug-likeness (QED) is 0.119. The number of carbonyl (C=O) groups is 1. The van der Waals surface area contributed by atoms with E-state index in [9.17, 15) is 19.4 Å². The van der Waals surface area contributed by atoms with E-state index in [1.807, 2.05) is 21.1 Å². The molecule has 0 bridgehead atoms. The Bertz CT molecular complexity index is 556. The average molecular weight is 509 g/mol. The molecule has 0 rings (SSSR count). The molecule has 0 aromatic rings. The molecule has 0 aliphatic heterocycles. The second-order valence-corrected chi connectivity index (χ2v) is 11.9. The number of unbranched alkanes of at least 4 members (excludes halogenated alkanes) is 12. The maximum absolute atomic E-state index is 12.0. The van der Waals surface area contributed by atoms with Crippen LogP contribution in [-0.2, 0) is 18.4 Å². The number of carbonyl (C=O) groups excluding carboxylic acids is 1. The summed E-state index contributed by atoms with van der Waals surface area (Å²) in [5.74, 6) is -0.343. The first-order chi connectivity index (χ1) is 16.0. The van der Waals surface area contributed by atoms with Crippen LogP contribution in [0.4, 0.5) is 0 Å². The van der Waals surface area contributed by atoms with Gasteiger partial charge in [-0.25, -0.2) is 0 Å². The molecule has 0 spiro atoms. The largest absolute Gasteiger partial charge is 0.756 e. The first kappa shape index (κ1) is 33.5. The Balaban J connectivity index is 4.03. The molecule has 0 fully saturated rings. The molecular weight excluding hydrogens is 455 g/mol. The number of hydrogen-bond donors (Lipinski definition) is 2. The zero-order valence-corrected chi connectivity index (χ0v) is 23.5. The van der Waals surface area contributed by atoms with Gasteiger partial charge in [-0.1, -0.05) is 90.4 Å². The standard InChI is InChI=1S/C25H53N2O6P/c1-6-7-8-9-10-11-12-13-14-15-16-17-18-19-25(29)24(26-23(2)28)22-33-34(30,31)32-21-20-27(3,4)5/h24-25,29H,6-22H2,1-5H3,(H-,26,28,30,31)/t24-,25+/m0/s1. The highest BCUT2D eigenvalue weighted by Crippen LogP contribution is 2.38. The van der Waals surface area contributed by atoms with Crippen LogP contribution in [0.5, 0.6) is 0 Å². The van der Waals surface area contributed by atoms with E-state index in [0.29, 0.717) is 17.4 Å². The zero-order valence-electron chi connectivity index (χ0n) is 22.6. The number of phosphoric ester groups is 1. The van der Waals surface area contributed by atoms with Crippen molar-refractivity contribution in [2.75, 3.05) is 40.9 Å². The molecule has 0 saturated heterocycles. The molecule has 0 heterocycles. The van der Waals surface area contributed by atoms with Crippen molar-refractivity contribution in [3.05, 3.63) is 0 Å². The van der Waals surface area contributed by atoms with E-state index in [0.717, 1.165) is 19.3 Å². The molecule has 1 unspecified atom stereocenters. The van der Waals surface area contributed by atoms with E-state index in [4.69, 9.17) is 9.05 Å². The van der Waals surface area contributed by atoms with Crippen molar-refractivity contribution in [2.45, 2.75) is 116 Å². The van der Waals surface area contributed by atoms with Crippen LogP contribution in [0.15, 0.2) is 0 Å². The fourth-order valence-corrected chi connectivity index (χ4v) is 4.44. The maximum Gasteiger partial charge on any atom is 0.268 e. The Labute approximate surface area is 209 Å². The van der Waals surface area contributed by atoms with Crippen molar-refractivity contribution in [1.82, 2.24) is 5.32 Å². The minimum atomic E-state index is -4.50. The molecule has 0 radical (unpaired) electrons. The second-order valence-electron chi connectivity index (χ2n) is 10.5. The molecule has 0 aromatic carbocycles.